The van der Waals surface area contributed by atoms with E-state index >= 15 is 0 Å². The van der Waals surface area contributed by atoms with Crippen molar-refractivity contribution in [3.63, 3.8) is 0 Å². The molecule has 3 aliphatic carbocycles. The Kier molecular flexibility index (Phi) is 5.07. The number of aliphatic hydroxyl groups is 1. The number of hydrogen-bond acceptors (Lipinski definition) is 6. The van der Waals surface area contributed by atoms with Crippen LogP contribution in [0.25, 0.3) is 0 Å². The highest BCUT2D eigenvalue weighted by molar-refractivity contribution is 6.13. The predicted octanol–water partition coefficient (Wildman–Crippen LogP) is 3.58. The molecule has 3 atom stereocenters. The van der Waals surface area contributed by atoms with E-state index in [0.717, 1.165) is 5.57 Å². The Morgan fingerprint density at radius 2 is 1.84 bits per heavy atom. The Morgan fingerprint density at radius 1 is 1.16 bits per heavy atom. The molecule has 1 aliphatic heterocycles. The minimum absolute atomic E-state index is 0.0645. The lowest BCUT2D eigenvalue weighted by Crippen LogP contribution is -2.47. The summed E-state index contributed by atoms with van der Waals surface area (Å²) >= 11 is 0. The highest BCUT2D eigenvalue weighted by Crippen LogP contribution is 2.60. The van der Waals surface area contributed by atoms with Gasteiger partial charge in [0.15, 0.2) is 5.76 Å². The van der Waals surface area contributed by atoms with Gasteiger partial charge in [-0.1, -0.05) is 19.1 Å². The van der Waals surface area contributed by atoms with Crippen LogP contribution in [-0.4, -0.2) is 47.2 Å². The number of carbonyl (C=O) groups excluding carboxylic acids is 3. The average molecular weight is 424 g/mol. The number of cyclic esters (lactones) is 1. The van der Waals surface area contributed by atoms with Gasteiger partial charge in [0.2, 0.25) is 5.78 Å². The van der Waals surface area contributed by atoms with Gasteiger partial charge in [0.25, 0.3) is 0 Å². The van der Waals surface area contributed by atoms with Crippen LogP contribution in [0.5, 0.6) is 0 Å². The van der Waals surface area contributed by atoms with Crippen LogP contribution in [0, 0.1) is 16.7 Å². The molecule has 1 N–H and O–H groups in total. The summed E-state index contributed by atoms with van der Waals surface area (Å²) in [6, 6.07) is 0. The van der Waals surface area contributed by atoms with Crippen molar-refractivity contribution in [1.29, 1.82) is 0 Å². The lowest BCUT2D eigenvalue weighted by molar-refractivity contribution is -0.143. The molecule has 0 aromatic carbocycles. The van der Waals surface area contributed by atoms with Crippen molar-refractivity contribution in [1.82, 2.24) is 4.90 Å². The van der Waals surface area contributed by atoms with Crippen LogP contribution in [0.15, 0.2) is 59.6 Å². The lowest BCUT2D eigenvalue weighted by atomic mass is 9.56. The molecule has 0 aromatic heterocycles. The van der Waals surface area contributed by atoms with Crippen LogP contribution < -0.4 is 0 Å². The molecule has 6 nitrogen and oxygen atoms in total. The maximum absolute atomic E-state index is 13.4. The minimum atomic E-state index is -0.798. The normalized spacial score (nSPS) is 33.7. The molecule has 1 saturated carbocycles. The average Bonchev–Trinajstić information content (AvgIpc) is 3.03. The number of rotatable bonds is 5. The number of ketones is 2. The first-order valence-corrected chi connectivity index (χ1v) is 10.8. The first-order chi connectivity index (χ1) is 14.7. The van der Waals surface area contributed by atoms with E-state index in [1.807, 2.05) is 18.7 Å². The maximum Gasteiger partial charge on any atom is 0.340 e. The van der Waals surface area contributed by atoms with Gasteiger partial charge in [0.1, 0.15) is 12.4 Å². The fourth-order valence-electron chi connectivity index (χ4n) is 5.89. The third-order valence-electron chi connectivity index (χ3n) is 7.57. The Bertz CT molecular complexity index is 989. The lowest BCUT2D eigenvalue weighted by Gasteiger charge is -2.48. The van der Waals surface area contributed by atoms with E-state index in [0.29, 0.717) is 49.9 Å². The molecule has 1 heterocycles. The van der Waals surface area contributed by atoms with Crippen LogP contribution >= 0.6 is 0 Å². The second-order valence-corrected chi connectivity index (χ2v) is 9.36. The van der Waals surface area contributed by atoms with Crippen molar-refractivity contribution >= 4 is 17.5 Å². The number of aliphatic hydroxyl groups excluding tert-OH is 1. The van der Waals surface area contributed by atoms with Crippen molar-refractivity contribution < 1.29 is 24.2 Å². The Labute approximate surface area is 182 Å². The molecule has 0 radical (unpaired) electrons. The van der Waals surface area contributed by atoms with E-state index in [-0.39, 0.29) is 23.9 Å². The van der Waals surface area contributed by atoms with E-state index in [9.17, 15) is 19.5 Å². The number of carbonyl (C=O) groups is 3. The minimum Gasteiger partial charge on any atom is -0.504 e. The van der Waals surface area contributed by atoms with Gasteiger partial charge in [0.05, 0.1) is 11.0 Å². The molecule has 0 spiro atoms. The van der Waals surface area contributed by atoms with Crippen molar-refractivity contribution in [3.8, 4) is 0 Å². The van der Waals surface area contributed by atoms with Gasteiger partial charge in [-0.25, -0.2) is 4.79 Å². The molecule has 164 valence electrons. The van der Waals surface area contributed by atoms with Gasteiger partial charge in [-0.2, -0.15) is 0 Å². The second kappa shape index (κ2) is 7.36. The van der Waals surface area contributed by atoms with E-state index in [1.54, 1.807) is 18.4 Å². The molecule has 1 unspecified atom stereocenters. The molecule has 0 bridgehead atoms. The highest BCUT2D eigenvalue weighted by Gasteiger charge is 2.58. The van der Waals surface area contributed by atoms with Gasteiger partial charge in [-0.3, -0.25) is 9.59 Å². The topological polar surface area (TPSA) is 83.9 Å². The second-order valence-electron chi connectivity index (χ2n) is 9.36. The van der Waals surface area contributed by atoms with Gasteiger partial charge in [-0.05, 0) is 31.8 Å². The highest BCUT2D eigenvalue weighted by atomic mass is 16.5. The molecule has 4 aliphatic rings. The molecule has 1 saturated heterocycles. The first-order valence-electron chi connectivity index (χ1n) is 10.8. The van der Waals surface area contributed by atoms with Crippen molar-refractivity contribution in [2.75, 3.05) is 19.7 Å². The summed E-state index contributed by atoms with van der Waals surface area (Å²) in [4.78, 5) is 40.6. The van der Waals surface area contributed by atoms with E-state index in [2.05, 4.69) is 13.2 Å². The Morgan fingerprint density at radius 3 is 2.48 bits per heavy atom. The summed E-state index contributed by atoms with van der Waals surface area (Å²) in [6.07, 6.45) is 7.34. The zero-order chi connectivity index (χ0) is 22.6. The smallest absolute Gasteiger partial charge is 0.340 e. The fraction of sp³-hybridized carbons (Fsp3) is 0.480. The number of esters is 1. The van der Waals surface area contributed by atoms with Crippen LogP contribution in [-0.2, 0) is 19.1 Å². The van der Waals surface area contributed by atoms with Crippen LogP contribution in [0.4, 0.5) is 0 Å². The predicted molar refractivity (Wildman–Crippen MR) is 116 cm³/mol. The summed E-state index contributed by atoms with van der Waals surface area (Å²) in [5.74, 6) is -1.42. The van der Waals surface area contributed by atoms with E-state index in [4.69, 9.17) is 4.74 Å². The molecule has 0 aromatic rings. The summed E-state index contributed by atoms with van der Waals surface area (Å²) in [5, 5.41) is 11.1. The van der Waals surface area contributed by atoms with Gasteiger partial charge >= 0.3 is 5.97 Å². The third-order valence-corrected chi connectivity index (χ3v) is 7.57. The SMILES string of the molecule is C=CCN(/C=C1\C(=O)OC[C@]2(C)C3=C(C(=O)C(O)=C12)C1CCC(=O)[C@@]1(C)CC3)CC=C. The first kappa shape index (κ1) is 21.3. The zero-order valence-corrected chi connectivity index (χ0v) is 18.2. The number of allylic oxidation sites excluding steroid dienone is 1. The van der Waals surface area contributed by atoms with E-state index in [1.165, 1.54) is 0 Å². The third kappa shape index (κ3) is 2.95. The molecule has 31 heavy (non-hydrogen) atoms. The summed E-state index contributed by atoms with van der Waals surface area (Å²) in [7, 11) is 0. The molecular formula is C25H29NO5. The quantitative estimate of drug-likeness (QED) is 0.413. The molecule has 0 amide bonds. The standard InChI is InChI=1S/C25H29NO5/c1-5-11-26(12-6-2)13-15-20-22(29)21(28)19-16-7-8-18(27)24(16,3)10-9-17(19)25(20,4)14-31-23(15)30/h5-6,13,16,29H,1-2,7-12,14H2,3-4H3/b15-13-/t16?,24-,25+/m0/s1. The summed E-state index contributed by atoms with van der Waals surface area (Å²) in [5.41, 5.74) is 0.629. The largest absolute Gasteiger partial charge is 0.504 e. The van der Waals surface area contributed by atoms with Gasteiger partial charge in [0, 0.05) is 48.2 Å². The van der Waals surface area contributed by atoms with Crippen molar-refractivity contribution in [2.24, 2.45) is 16.7 Å². The number of Topliss-reactive ketones (excluding diaryl/α,β-unsaturated/α-hetero) is 2. The maximum atomic E-state index is 13.4. The molecule has 4 rings (SSSR count). The van der Waals surface area contributed by atoms with Gasteiger partial charge in [-0.15, -0.1) is 13.2 Å². The van der Waals surface area contributed by atoms with Crippen LogP contribution in [0.3, 0.4) is 0 Å². The van der Waals surface area contributed by atoms with Crippen LogP contribution in [0.2, 0.25) is 0 Å². The Balaban J connectivity index is 1.86. The van der Waals surface area contributed by atoms with Crippen molar-refractivity contribution in [2.45, 2.75) is 39.5 Å². The molecule has 2 fully saturated rings. The molecular weight excluding hydrogens is 394 g/mol. The number of hydrogen-bond donors (Lipinski definition) is 1. The summed E-state index contributed by atoms with van der Waals surface area (Å²) in [6.45, 7) is 12.4. The fourth-order valence-corrected chi connectivity index (χ4v) is 5.89. The van der Waals surface area contributed by atoms with Crippen molar-refractivity contribution in [3.05, 3.63) is 59.6 Å². The molecule has 6 heteroatoms. The monoisotopic (exact) mass is 423 g/mol. The van der Waals surface area contributed by atoms with E-state index < -0.39 is 28.3 Å². The number of nitrogens with zero attached hydrogens (tertiary/aromatic N) is 1. The van der Waals surface area contributed by atoms with Crippen LogP contribution in [0.1, 0.15) is 39.5 Å². The number of ether oxygens (including phenoxy) is 1. The summed E-state index contributed by atoms with van der Waals surface area (Å²) < 4.78 is 5.57. The number of fused-ring (bicyclic) bond motifs is 4. The zero-order valence-electron chi connectivity index (χ0n) is 18.2. The van der Waals surface area contributed by atoms with Gasteiger partial charge < -0.3 is 14.7 Å². The Hall–Kier alpha value is -2.89.